The molecule has 0 fully saturated rings. The van der Waals surface area contributed by atoms with E-state index in [1.165, 1.54) is 22.7 Å². The number of carbonyl (C=O) groups is 1. The van der Waals surface area contributed by atoms with Crippen LogP contribution < -0.4 is 4.90 Å². The van der Waals surface area contributed by atoms with Crippen LogP contribution in [0.3, 0.4) is 0 Å². The highest BCUT2D eigenvalue weighted by Crippen LogP contribution is 2.29. The number of benzene rings is 1. The van der Waals surface area contributed by atoms with Crippen molar-refractivity contribution in [1.29, 1.82) is 0 Å². The van der Waals surface area contributed by atoms with Gasteiger partial charge in [0.25, 0.3) is 5.69 Å². The first-order chi connectivity index (χ1) is 11.5. The monoisotopic (exact) mass is 345 g/mol. The molecule has 1 aliphatic rings. The third-order valence-electron chi connectivity index (χ3n) is 3.79. The Morgan fingerprint density at radius 2 is 2.12 bits per heavy atom. The molecule has 8 nitrogen and oxygen atoms in total. The maximum absolute atomic E-state index is 12.6. The van der Waals surface area contributed by atoms with Gasteiger partial charge in [-0.2, -0.15) is 0 Å². The van der Waals surface area contributed by atoms with Crippen LogP contribution >= 0.6 is 11.8 Å². The Kier molecular flexibility index (Phi) is 4.34. The van der Waals surface area contributed by atoms with Crippen molar-refractivity contribution in [3.63, 3.8) is 0 Å². The Morgan fingerprint density at radius 1 is 1.38 bits per heavy atom. The second-order valence-electron chi connectivity index (χ2n) is 5.29. The van der Waals surface area contributed by atoms with Gasteiger partial charge >= 0.3 is 6.03 Å². The zero-order valence-electron chi connectivity index (χ0n) is 13.2. The van der Waals surface area contributed by atoms with Crippen molar-refractivity contribution in [3.8, 4) is 0 Å². The zero-order valence-corrected chi connectivity index (χ0v) is 14.0. The molecule has 0 bridgehead atoms. The lowest BCUT2D eigenvalue weighted by atomic mass is 10.1. The van der Waals surface area contributed by atoms with Gasteiger partial charge in [0.15, 0.2) is 5.16 Å². The Labute approximate surface area is 142 Å². The molecule has 124 valence electrons. The van der Waals surface area contributed by atoms with Gasteiger partial charge in [0.05, 0.1) is 18.0 Å². The summed E-state index contributed by atoms with van der Waals surface area (Å²) in [6, 6.07) is 6.19. The van der Waals surface area contributed by atoms with E-state index < -0.39 is 4.92 Å². The molecular weight excluding hydrogens is 330 g/mol. The largest absolute Gasteiger partial charge is 0.326 e. The van der Waals surface area contributed by atoms with Crippen molar-refractivity contribution in [2.24, 2.45) is 0 Å². The first kappa shape index (κ1) is 16.2. The van der Waals surface area contributed by atoms with Gasteiger partial charge < -0.3 is 4.90 Å². The van der Waals surface area contributed by atoms with Gasteiger partial charge in [-0.3, -0.25) is 15.0 Å². The van der Waals surface area contributed by atoms with Crippen molar-refractivity contribution in [2.75, 3.05) is 18.2 Å². The summed E-state index contributed by atoms with van der Waals surface area (Å²) in [5.41, 5.74) is 1.32. The van der Waals surface area contributed by atoms with Gasteiger partial charge in [0, 0.05) is 30.4 Å². The number of fused-ring (bicyclic) bond motifs is 1. The molecule has 1 aromatic heterocycles. The number of amides is 2. The fraction of sp³-hybridized carbons (Fsp3) is 0.267. The summed E-state index contributed by atoms with van der Waals surface area (Å²) in [4.78, 5) is 34.9. The van der Waals surface area contributed by atoms with E-state index in [-0.39, 0.29) is 18.3 Å². The topological polar surface area (TPSA) is 92.5 Å². The number of urea groups is 1. The van der Waals surface area contributed by atoms with Gasteiger partial charge in [-0.05, 0) is 6.26 Å². The Balaban J connectivity index is 1.91. The first-order valence-electron chi connectivity index (χ1n) is 7.16. The standard InChI is InChI=1S/C15H15N5O3S/c1-18-13-11(7-16-14(17-13)24-2)9-19(15(18)21)8-10-5-3-4-6-12(10)20(22)23/h3-7H,8-9H2,1-2H3. The van der Waals surface area contributed by atoms with Crippen LogP contribution in [-0.4, -0.2) is 39.1 Å². The molecule has 24 heavy (non-hydrogen) atoms. The highest BCUT2D eigenvalue weighted by atomic mass is 32.2. The Bertz CT molecular complexity index is 813. The summed E-state index contributed by atoms with van der Waals surface area (Å²) in [7, 11) is 1.64. The van der Waals surface area contributed by atoms with Crippen LogP contribution in [0.2, 0.25) is 0 Å². The van der Waals surface area contributed by atoms with Gasteiger partial charge in [-0.15, -0.1) is 0 Å². The van der Waals surface area contributed by atoms with Crippen molar-refractivity contribution in [3.05, 3.63) is 51.7 Å². The molecule has 0 radical (unpaired) electrons. The lowest BCUT2D eigenvalue weighted by Gasteiger charge is -2.33. The van der Waals surface area contributed by atoms with Crippen molar-refractivity contribution >= 4 is 29.3 Å². The fourth-order valence-corrected chi connectivity index (χ4v) is 2.95. The van der Waals surface area contributed by atoms with E-state index in [4.69, 9.17) is 0 Å². The van der Waals surface area contributed by atoms with Crippen molar-refractivity contribution in [1.82, 2.24) is 14.9 Å². The highest BCUT2D eigenvalue weighted by molar-refractivity contribution is 7.98. The summed E-state index contributed by atoms with van der Waals surface area (Å²) in [5, 5.41) is 11.7. The molecule has 2 heterocycles. The van der Waals surface area contributed by atoms with Gasteiger partial charge in [0.1, 0.15) is 5.82 Å². The number of nitro groups is 1. The van der Waals surface area contributed by atoms with Crippen LogP contribution in [0.4, 0.5) is 16.3 Å². The van der Waals surface area contributed by atoms with Crippen LogP contribution in [-0.2, 0) is 13.1 Å². The SMILES string of the molecule is CSc1ncc2c(n1)N(C)C(=O)N(Cc1ccccc1[N+](=O)[O-])C2. The summed E-state index contributed by atoms with van der Waals surface area (Å²) in [6.07, 6.45) is 3.57. The maximum atomic E-state index is 12.6. The van der Waals surface area contributed by atoms with Gasteiger partial charge in [0.2, 0.25) is 0 Å². The van der Waals surface area contributed by atoms with Crippen molar-refractivity contribution in [2.45, 2.75) is 18.2 Å². The number of carbonyl (C=O) groups excluding carboxylic acids is 1. The lowest BCUT2D eigenvalue weighted by Crippen LogP contribution is -2.45. The van der Waals surface area contributed by atoms with Crippen LogP contribution in [0, 0.1) is 10.1 Å². The number of rotatable bonds is 4. The van der Waals surface area contributed by atoms with E-state index in [0.717, 1.165) is 5.56 Å². The van der Waals surface area contributed by atoms with Crippen molar-refractivity contribution < 1.29 is 9.72 Å². The molecule has 0 N–H and O–H groups in total. The number of aromatic nitrogens is 2. The minimum absolute atomic E-state index is 0.00716. The van der Waals surface area contributed by atoms with Crippen LogP contribution in [0.15, 0.2) is 35.6 Å². The average molecular weight is 345 g/mol. The Morgan fingerprint density at radius 3 is 2.83 bits per heavy atom. The molecule has 9 heteroatoms. The molecule has 0 saturated carbocycles. The molecule has 0 unspecified atom stereocenters. The minimum atomic E-state index is -0.435. The first-order valence-corrected chi connectivity index (χ1v) is 8.38. The molecule has 2 aromatic rings. The summed E-state index contributed by atoms with van der Waals surface area (Å²) >= 11 is 1.40. The molecule has 0 spiro atoms. The van der Waals surface area contributed by atoms with E-state index in [1.807, 2.05) is 6.26 Å². The quantitative estimate of drug-likeness (QED) is 0.366. The summed E-state index contributed by atoms with van der Waals surface area (Å²) in [6.45, 7) is 0.475. The van der Waals surface area contributed by atoms with E-state index in [2.05, 4.69) is 9.97 Å². The van der Waals surface area contributed by atoms with Crippen LogP contribution in [0.25, 0.3) is 0 Å². The second-order valence-corrected chi connectivity index (χ2v) is 6.06. The molecule has 1 aromatic carbocycles. The number of thioether (sulfide) groups is 1. The molecule has 1 aliphatic heterocycles. The van der Waals surface area contributed by atoms with Gasteiger partial charge in [-0.25, -0.2) is 14.8 Å². The minimum Gasteiger partial charge on any atom is -0.315 e. The fourth-order valence-electron chi connectivity index (χ4n) is 2.61. The van der Waals surface area contributed by atoms with E-state index in [9.17, 15) is 14.9 Å². The Hall–Kier alpha value is -2.68. The van der Waals surface area contributed by atoms with Crippen LogP contribution in [0.1, 0.15) is 11.1 Å². The number of para-hydroxylation sites is 1. The molecule has 0 aliphatic carbocycles. The van der Waals surface area contributed by atoms with E-state index in [1.54, 1.807) is 36.3 Å². The number of anilines is 1. The van der Waals surface area contributed by atoms with Gasteiger partial charge in [-0.1, -0.05) is 30.0 Å². The number of nitro benzene ring substituents is 1. The number of hydrogen-bond donors (Lipinski definition) is 0. The summed E-state index contributed by atoms with van der Waals surface area (Å²) in [5.74, 6) is 0.582. The second kappa shape index (κ2) is 6.44. The zero-order chi connectivity index (χ0) is 17.3. The smallest absolute Gasteiger partial charge is 0.315 e. The predicted molar refractivity (Wildman–Crippen MR) is 90.0 cm³/mol. The molecule has 2 amide bonds. The number of hydrogen-bond acceptors (Lipinski definition) is 6. The van der Waals surface area contributed by atoms with E-state index in [0.29, 0.717) is 23.1 Å². The predicted octanol–water partition coefficient (Wildman–Crippen LogP) is 2.68. The number of nitrogens with zero attached hydrogens (tertiary/aromatic N) is 5. The summed E-state index contributed by atoms with van der Waals surface area (Å²) < 4.78 is 0. The molecule has 0 atom stereocenters. The average Bonchev–Trinajstić information content (AvgIpc) is 2.59. The molecular formula is C15H15N5O3S. The normalized spacial score (nSPS) is 13.8. The molecule has 0 saturated heterocycles. The molecule has 3 rings (SSSR count). The highest BCUT2D eigenvalue weighted by Gasteiger charge is 2.30. The maximum Gasteiger partial charge on any atom is 0.326 e. The van der Waals surface area contributed by atoms with E-state index >= 15 is 0 Å². The third-order valence-corrected chi connectivity index (χ3v) is 4.35. The lowest BCUT2D eigenvalue weighted by molar-refractivity contribution is -0.385. The third kappa shape index (κ3) is 2.90. The van der Waals surface area contributed by atoms with Crippen LogP contribution in [0.5, 0.6) is 0 Å².